The molecule has 2 atom stereocenters. The van der Waals surface area contributed by atoms with Crippen LogP contribution >= 0.6 is 0 Å². The second-order valence-electron chi connectivity index (χ2n) is 7.83. The van der Waals surface area contributed by atoms with Crippen molar-refractivity contribution < 1.29 is 14.3 Å². The minimum atomic E-state index is -0.454. The van der Waals surface area contributed by atoms with Crippen molar-refractivity contribution >= 4 is 17.5 Å². The number of ether oxygens (including phenoxy) is 2. The zero-order valence-electron chi connectivity index (χ0n) is 17.8. The van der Waals surface area contributed by atoms with E-state index in [-0.39, 0.29) is 24.2 Å². The lowest BCUT2D eigenvalue weighted by molar-refractivity contribution is 0.130. The quantitative estimate of drug-likeness (QED) is 0.716. The predicted octanol–water partition coefficient (Wildman–Crippen LogP) is 5.01. The van der Waals surface area contributed by atoms with Gasteiger partial charge in [0.25, 0.3) is 0 Å². The SMILES string of the molecule is CCOc1ccc2c(c1)N(C(C)C)C(c1ccc(NC(=O)OC(C)C)cc1)C2N. The van der Waals surface area contributed by atoms with Crippen LogP contribution in [0.25, 0.3) is 0 Å². The molecule has 2 aromatic rings. The first-order valence-electron chi connectivity index (χ1n) is 10.2. The molecule has 0 aromatic heterocycles. The van der Waals surface area contributed by atoms with Crippen LogP contribution in [0.4, 0.5) is 16.2 Å². The molecule has 29 heavy (non-hydrogen) atoms. The zero-order valence-corrected chi connectivity index (χ0v) is 17.8. The second-order valence-corrected chi connectivity index (χ2v) is 7.83. The van der Waals surface area contributed by atoms with Crippen molar-refractivity contribution in [3.05, 3.63) is 53.6 Å². The molecule has 0 fully saturated rings. The minimum absolute atomic E-state index is 0.0125. The van der Waals surface area contributed by atoms with Gasteiger partial charge in [0.1, 0.15) is 5.75 Å². The molecule has 0 spiro atoms. The topological polar surface area (TPSA) is 76.8 Å². The number of carbonyl (C=O) groups excluding carboxylic acids is 1. The highest BCUT2D eigenvalue weighted by Crippen LogP contribution is 2.48. The smallest absolute Gasteiger partial charge is 0.411 e. The van der Waals surface area contributed by atoms with Crippen LogP contribution in [0, 0.1) is 0 Å². The molecule has 1 heterocycles. The standard InChI is InChI=1S/C23H31N3O3/c1-6-28-18-11-12-19-20(13-18)26(14(2)3)22(21(19)24)16-7-9-17(10-8-16)25-23(27)29-15(4)5/h7-15,21-22H,6,24H2,1-5H3,(H,25,27). The van der Waals surface area contributed by atoms with Gasteiger partial charge >= 0.3 is 6.09 Å². The number of benzene rings is 2. The van der Waals surface area contributed by atoms with E-state index >= 15 is 0 Å². The summed E-state index contributed by atoms with van der Waals surface area (Å²) < 4.78 is 10.8. The Morgan fingerprint density at radius 2 is 1.83 bits per heavy atom. The number of nitrogens with two attached hydrogens (primary N) is 1. The van der Waals surface area contributed by atoms with Crippen LogP contribution in [0.3, 0.4) is 0 Å². The second kappa shape index (κ2) is 8.74. The largest absolute Gasteiger partial charge is 0.494 e. The van der Waals surface area contributed by atoms with E-state index in [9.17, 15) is 4.79 Å². The summed E-state index contributed by atoms with van der Waals surface area (Å²) in [5.41, 5.74) is 10.7. The third-order valence-corrected chi connectivity index (χ3v) is 4.99. The summed E-state index contributed by atoms with van der Waals surface area (Å²) in [7, 11) is 0. The number of anilines is 2. The molecule has 1 amide bonds. The Kier molecular flexibility index (Phi) is 6.33. The Hall–Kier alpha value is -2.73. The Morgan fingerprint density at radius 3 is 2.41 bits per heavy atom. The summed E-state index contributed by atoms with van der Waals surface area (Å²) in [6, 6.07) is 14.1. The maximum Gasteiger partial charge on any atom is 0.411 e. The summed E-state index contributed by atoms with van der Waals surface area (Å²) in [4.78, 5) is 14.2. The first kappa shape index (κ1) is 21.0. The van der Waals surface area contributed by atoms with Crippen LogP contribution in [0.1, 0.15) is 57.8 Å². The van der Waals surface area contributed by atoms with Crippen molar-refractivity contribution in [2.45, 2.75) is 58.8 Å². The zero-order chi connectivity index (χ0) is 21.1. The highest BCUT2D eigenvalue weighted by atomic mass is 16.6. The average Bonchev–Trinajstić information content (AvgIpc) is 2.94. The molecule has 0 bridgehead atoms. The molecule has 2 aromatic carbocycles. The highest BCUT2D eigenvalue weighted by Gasteiger charge is 2.38. The third kappa shape index (κ3) is 4.48. The molecule has 6 heteroatoms. The Balaban J connectivity index is 1.86. The number of amides is 1. The van der Waals surface area contributed by atoms with Crippen molar-refractivity contribution in [3.8, 4) is 5.75 Å². The normalized spacial score (nSPS) is 18.1. The van der Waals surface area contributed by atoms with Gasteiger partial charge in [-0.25, -0.2) is 4.79 Å². The number of carbonyl (C=O) groups is 1. The molecule has 3 rings (SSSR count). The maximum absolute atomic E-state index is 11.8. The fourth-order valence-electron chi connectivity index (χ4n) is 3.87. The predicted molar refractivity (Wildman–Crippen MR) is 117 cm³/mol. The minimum Gasteiger partial charge on any atom is -0.494 e. The third-order valence-electron chi connectivity index (χ3n) is 4.99. The molecule has 2 unspecified atom stereocenters. The monoisotopic (exact) mass is 397 g/mol. The Bertz CT molecular complexity index is 849. The van der Waals surface area contributed by atoms with Crippen molar-refractivity contribution in [1.29, 1.82) is 0 Å². The molecule has 6 nitrogen and oxygen atoms in total. The van der Waals surface area contributed by atoms with Crippen molar-refractivity contribution in [1.82, 2.24) is 0 Å². The molecule has 0 aliphatic carbocycles. The van der Waals surface area contributed by atoms with Gasteiger partial charge in [-0.15, -0.1) is 0 Å². The van der Waals surface area contributed by atoms with Crippen molar-refractivity contribution in [2.24, 2.45) is 5.73 Å². The van der Waals surface area contributed by atoms with Gasteiger partial charge in [-0.2, -0.15) is 0 Å². The van der Waals surface area contributed by atoms with E-state index in [0.29, 0.717) is 12.3 Å². The Morgan fingerprint density at radius 1 is 1.14 bits per heavy atom. The van der Waals surface area contributed by atoms with E-state index in [1.54, 1.807) is 0 Å². The molecule has 1 aliphatic rings. The van der Waals surface area contributed by atoms with E-state index in [1.165, 1.54) is 0 Å². The lowest BCUT2D eigenvalue weighted by Crippen LogP contribution is -2.35. The number of nitrogens with zero attached hydrogens (tertiary/aromatic N) is 1. The van der Waals surface area contributed by atoms with Gasteiger partial charge in [0.15, 0.2) is 0 Å². The van der Waals surface area contributed by atoms with Crippen LogP contribution in [-0.4, -0.2) is 24.8 Å². The fraction of sp³-hybridized carbons (Fsp3) is 0.435. The van der Waals surface area contributed by atoms with Gasteiger partial charge in [0, 0.05) is 23.5 Å². The van der Waals surface area contributed by atoms with Crippen LogP contribution in [0.15, 0.2) is 42.5 Å². The summed E-state index contributed by atoms with van der Waals surface area (Å²) >= 11 is 0. The van der Waals surface area contributed by atoms with Gasteiger partial charge in [0.2, 0.25) is 0 Å². The van der Waals surface area contributed by atoms with E-state index in [2.05, 4.69) is 36.2 Å². The fourth-order valence-corrected chi connectivity index (χ4v) is 3.87. The highest BCUT2D eigenvalue weighted by molar-refractivity contribution is 5.84. The van der Waals surface area contributed by atoms with Crippen LogP contribution in [0.2, 0.25) is 0 Å². The summed E-state index contributed by atoms with van der Waals surface area (Å²) in [5.74, 6) is 0.855. The van der Waals surface area contributed by atoms with E-state index < -0.39 is 6.09 Å². The lowest BCUT2D eigenvalue weighted by Gasteiger charge is -2.33. The Labute approximate surface area is 173 Å². The van der Waals surface area contributed by atoms with Crippen LogP contribution in [0.5, 0.6) is 5.75 Å². The molecule has 1 aliphatic heterocycles. The molecule has 0 saturated carbocycles. The molecule has 156 valence electrons. The average molecular weight is 398 g/mol. The van der Waals surface area contributed by atoms with Gasteiger partial charge in [-0.1, -0.05) is 18.2 Å². The van der Waals surface area contributed by atoms with Crippen molar-refractivity contribution in [3.63, 3.8) is 0 Å². The lowest BCUT2D eigenvalue weighted by atomic mass is 9.97. The van der Waals surface area contributed by atoms with Gasteiger partial charge < -0.3 is 20.1 Å². The number of hydrogen-bond donors (Lipinski definition) is 2. The van der Waals surface area contributed by atoms with Crippen molar-refractivity contribution in [2.75, 3.05) is 16.8 Å². The molecule has 0 radical (unpaired) electrons. The molecular formula is C23H31N3O3. The van der Waals surface area contributed by atoms with Crippen LogP contribution in [-0.2, 0) is 4.74 Å². The number of fused-ring (bicyclic) bond motifs is 1. The van der Waals surface area contributed by atoms with Gasteiger partial charge in [-0.05, 0) is 63.9 Å². The van der Waals surface area contributed by atoms with E-state index in [1.807, 2.05) is 51.1 Å². The van der Waals surface area contributed by atoms with Gasteiger partial charge in [0.05, 0.1) is 24.8 Å². The van der Waals surface area contributed by atoms with E-state index in [4.69, 9.17) is 15.2 Å². The first-order chi connectivity index (χ1) is 13.8. The molecule has 0 saturated heterocycles. The van der Waals surface area contributed by atoms with Gasteiger partial charge in [-0.3, -0.25) is 5.32 Å². The van der Waals surface area contributed by atoms with E-state index in [0.717, 1.165) is 22.6 Å². The van der Waals surface area contributed by atoms with Crippen LogP contribution < -0.4 is 20.7 Å². The molecule has 3 N–H and O–H groups in total. The number of nitrogens with one attached hydrogen (secondary N) is 1. The summed E-state index contributed by atoms with van der Waals surface area (Å²) in [6.07, 6.45) is -0.615. The summed E-state index contributed by atoms with van der Waals surface area (Å²) in [6.45, 7) is 10.6. The first-order valence-corrected chi connectivity index (χ1v) is 10.2. The maximum atomic E-state index is 11.8. The summed E-state index contributed by atoms with van der Waals surface area (Å²) in [5, 5.41) is 2.75. The number of hydrogen-bond acceptors (Lipinski definition) is 5. The number of rotatable bonds is 6. The molecular weight excluding hydrogens is 366 g/mol.